The summed E-state index contributed by atoms with van der Waals surface area (Å²) in [7, 11) is 0. The smallest absolute Gasteiger partial charge is 0.390 e. The van der Waals surface area contributed by atoms with E-state index in [9.17, 15) is 18.3 Å². The second-order valence-electron chi connectivity index (χ2n) is 4.36. The molecule has 0 unspecified atom stereocenters. The fraction of sp³-hybridized carbons (Fsp3) is 0.545. The average molecular weight is 332 g/mol. The monoisotopic (exact) mass is 331 g/mol. The summed E-state index contributed by atoms with van der Waals surface area (Å²) in [5.41, 5.74) is -0.925. The van der Waals surface area contributed by atoms with Crippen LogP contribution in [0.25, 0.3) is 0 Å². The molecule has 0 bridgehead atoms. The zero-order valence-corrected chi connectivity index (χ0v) is 11.8. The lowest BCUT2D eigenvalue weighted by Gasteiger charge is -2.30. The molecule has 0 saturated carbocycles. The van der Waals surface area contributed by atoms with Crippen LogP contribution in [0.1, 0.15) is 12.0 Å². The summed E-state index contributed by atoms with van der Waals surface area (Å²) < 4.78 is 38.6. The number of rotatable bonds is 2. The molecule has 0 amide bonds. The standard InChI is InChI=1S/C11H13ClF3N3O.ClH/c12-6-3-7(11(13,14)15)10(17-4-6)18-8-1-2-16-5-9(8)19;/h3-4,8-9,16,19H,1-2,5H2,(H,17,18);1H/t8-,9-;/m1./s1. The summed E-state index contributed by atoms with van der Waals surface area (Å²) in [6, 6.07) is 0.362. The quantitative estimate of drug-likeness (QED) is 0.778. The van der Waals surface area contributed by atoms with Gasteiger partial charge in [-0.05, 0) is 19.0 Å². The van der Waals surface area contributed by atoms with E-state index in [4.69, 9.17) is 11.6 Å². The van der Waals surface area contributed by atoms with Crippen molar-refractivity contribution in [2.75, 3.05) is 18.4 Å². The molecule has 0 spiro atoms. The number of aromatic nitrogens is 1. The first-order chi connectivity index (χ1) is 8.88. The van der Waals surface area contributed by atoms with Crippen molar-refractivity contribution >= 4 is 29.8 Å². The van der Waals surface area contributed by atoms with E-state index in [1.807, 2.05) is 0 Å². The lowest BCUT2D eigenvalue weighted by atomic mass is 10.0. The molecule has 9 heteroatoms. The van der Waals surface area contributed by atoms with Gasteiger partial charge in [-0.15, -0.1) is 12.4 Å². The van der Waals surface area contributed by atoms with Gasteiger partial charge in [-0.1, -0.05) is 11.6 Å². The van der Waals surface area contributed by atoms with E-state index in [0.717, 1.165) is 12.3 Å². The van der Waals surface area contributed by atoms with Crippen LogP contribution in [-0.2, 0) is 6.18 Å². The van der Waals surface area contributed by atoms with Crippen molar-refractivity contribution in [2.24, 2.45) is 0 Å². The Morgan fingerprint density at radius 2 is 2.15 bits per heavy atom. The van der Waals surface area contributed by atoms with Crippen LogP contribution in [0, 0.1) is 0 Å². The van der Waals surface area contributed by atoms with Crippen molar-refractivity contribution < 1.29 is 18.3 Å². The average Bonchev–Trinajstić information content (AvgIpc) is 2.33. The third-order valence-electron chi connectivity index (χ3n) is 2.93. The van der Waals surface area contributed by atoms with E-state index < -0.39 is 23.9 Å². The Morgan fingerprint density at radius 3 is 2.75 bits per heavy atom. The molecule has 1 fully saturated rings. The zero-order valence-electron chi connectivity index (χ0n) is 10.2. The van der Waals surface area contributed by atoms with Crippen LogP contribution < -0.4 is 10.6 Å². The maximum Gasteiger partial charge on any atom is 0.420 e. The van der Waals surface area contributed by atoms with E-state index in [0.29, 0.717) is 19.5 Å². The minimum atomic E-state index is -4.54. The lowest BCUT2D eigenvalue weighted by Crippen LogP contribution is -2.48. The fourth-order valence-corrected chi connectivity index (χ4v) is 2.11. The zero-order chi connectivity index (χ0) is 14.0. The third-order valence-corrected chi connectivity index (χ3v) is 3.14. The van der Waals surface area contributed by atoms with Gasteiger partial charge in [0.15, 0.2) is 0 Å². The van der Waals surface area contributed by atoms with Crippen LogP contribution in [0.5, 0.6) is 0 Å². The van der Waals surface area contributed by atoms with Gasteiger partial charge in [0.2, 0.25) is 0 Å². The highest BCUT2D eigenvalue weighted by molar-refractivity contribution is 6.30. The molecule has 2 atom stereocenters. The van der Waals surface area contributed by atoms with Crippen molar-refractivity contribution in [3.8, 4) is 0 Å². The first-order valence-corrected chi connectivity index (χ1v) is 6.14. The van der Waals surface area contributed by atoms with Crippen LogP contribution in [0.4, 0.5) is 19.0 Å². The van der Waals surface area contributed by atoms with Gasteiger partial charge in [-0.2, -0.15) is 13.2 Å². The van der Waals surface area contributed by atoms with Gasteiger partial charge in [0, 0.05) is 12.7 Å². The number of halogens is 5. The van der Waals surface area contributed by atoms with Crippen molar-refractivity contribution in [1.82, 2.24) is 10.3 Å². The molecule has 2 rings (SSSR count). The minimum absolute atomic E-state index is 0. The Hall–Kier alpha value is -0.760. The molecule has 1 aliphatic heterocycles. The molecule has 114 valence electrons. The topological polar surface area (TPSA) is 57.2 Å². The molecule has 4 nitrogen and oxygen atoms in total. The Balaban J connectivity index is 0.00000200. The van der Waals surface area contributed by atoms with E-state index in [1.54, 1.807) is 0 Å². The Morgan fingerprint density at radius 1 is 1.45 bits per heavy atom. The number of pyridine rings is 1. The van der Waals surface area contributed by atoms with Crippen LogP contribution in [0.2, 0.25) is 5.02 Å². The van der Waals surface area contributed by atoms with Gasteiger partial charge in [0.25, 0.3) is 0 Å². The number of alkyl halides is 3. The van der Waals surface area contributed by atoms with Crippen molar-refractivity contribution in [3.05, 3.63) is 22.8 Å². The van der Waals surface area contributed by atoms with Gasteiger partial charge in [-0.3, -0.25) is 0 Å². The lowest BCUT2D eigenvalue weighted by molar-refractivity contribution is -0.137. The number of aliphatic hydroxyl groups excluding tert-OH is 1. The van der Waals surface area contributed by atoms with E-state index in [-0.39, 0.29) is 23.2 Å². The summed E-state index contributed by atoms with van der Waals surface area (Å²) in [6.07, 6.45) is -3.64. The predicted molar refractivity (Wildman–Crippen MR) is 72.4 cm³/mol. The van der Waals surface area contributed by atoms with Crippen LogP contribution in [0.15, 0.2) is 12.3 Å². The molecule has 0 radical (unpaired) electrons. The van der Waals surface area contributed by atoms with Crippen LogP contribution in [-0.4, -0.2) is 35.3 Å². The molecule has 1 aromatic heterocycles. The highest BCUT2D eigenvalue weighted by Gasteiger charge is 2.36. The van der Waals surface area contributed by atoms with Gasteiger partial charge >= 0.3 is 6.18 Å². The van der Waals surface area contributed by atoms with Crippen molar-refractivity contribution in [3.63, 3.8) is 0 Å². The number of nitrogens with zero attached hydrogens (tertiary/aromatic N) is 1. The van der Waals surface area contributed by atoms with Gasteiger partial charge in [0.05, 0.1) is 22.7 Å². The van der Waals surface area contributed by atoms with Crippen molar-refractivity contribution in [1.29, 1.82) is 0 Å². The maximum atomic E-state index is 12.9. The van der Waals surface area contributed by atoms with Gasteiger partial charge in [-0.25, -0.2) is 4.98 Å². The van der Waals surface area contributed by atoms with Crippen LogP contribution >= 0.6 is 24.0 Å². The van der Waals surface area contributed by atoms with Crippen molar-refractivity contribution in [2.45, 2.75) is 24.7 Å². The highest BCUT2D eigenvalue weighted by atomic mass is 35.5. The van der Waals surface area contributed by atoms with Gasteiger partial charge < -0.3 is 15.7 Å². The number of β-amino-alcohol motifs (C(OH)–C–C–N with tert-alkyl or cyclic N) is 1. The van der Waals surface area contributed by atoms with E-state index in [2.05, 4.69) is 15.6 Å². The third kappa shape index (κ3) is 4.12. The molecule has 0 aliphatic carbocycles. The number of hydrogen-bond acceptors (Lipinski definition) is 4. The molecule has 1 saturated heterocycles. The van der Waals surface area contributed by atoms with Crippen LogP contribution in [0.3, 0.4) is 0 Å². The maximum absolute atomic E-state index is 12.9. The molecule has 0 aromatic carbocycles. The predicted octanol–water partition coefficient (Wildman–Crippen LogP) is 2.31. The van der Waals surface area contributed by atoms with E-state index >= 15 is 0 Å². The number of hydrogen-bond donors (Lipinski definition) is 3. The summed E-state index contributed by atoms with van der Waals surface area (Å²) in [4.78, 5) is 3.68. The summed E-state index contributed by atoms with van der Waals surface area (Å²) in [6.45, 7) is 0.969. The molecule has 3 N–H and O–H groups in total. The molecular weight excluding hydrogens is 318 g/mol. The Bertz CT molecular complexity index is 459. The second-order valence-corrected chi connectivity index (χ2v) is 4.79. The number of piperidine rings is 1. The Labute approximate surface area is 125 Å². The molecule has 20 heavy (non-hydrogen) atoms. The molecular formula is C11H14Cl2F3N3O. The molecule has 1 aromatic rings. The summed E-state index contributed by atoms with van der Waals surface area (Å²) in [5.74, 6) is -0.303. The summed E-state index contributed by atoms with van der Waals surface area (Å²) >= 11 is 5.54. The molecule has 1 aliphatic rings. The molecule has 2 heterocycles. The number of aliphatic hydroxyl groups is 1. The summed E-state index contributed by atoms with van der Waals surface area (Å²) in [5, 5.41) is 15.2. The SMILES string of the molecule is Cl.O[C@@H]1CNCC[C@H]1Nc1ncc(Cl)cc1C(F)(F)F. The number of nitrogens with one attached hydrogen (secondary N) is 2. The largest absolute Gasteiger partial charge is 0.420 e. The normalized spacial score (nSPS) is 23.1. The number of anilines is 1. The highest BCUT2D eigenvalue weighted by Crippen LogP contribution is 2.35. The van der Waals surface area contributed by atoms with Gasteiger partial charge in [0.1, 0.15) is 5.82 Å². The first-order valence-electron chi connectivity index (χ1n) is 5.76. The Kier molecular flexibility index (Phi) is 5.88. The second kappa shape index (κ2) is 6.80. The first kappa shape index (κ1) is 17.3. The fourth-order valence-electron chi connectivity index (χ4n) is 1.96. The minimum Gasteiger partial charge on any atom is -0.390 e. The van der Waals surface area contributed by atoms with E-state index in [1.165, 1.54) is 0 Å².